The lowest BCUT2D eigenvalue weighted by Crippen LogP contribution is -2.49. The van der Waals surface area contributed by atoms with E-state index < -0.39 is 59.3 Å². The number of carbonyl (C=O) groups is 1. The molecule has 0 spiro atoms. The number of carboxylic acids is 1. The molecule has 0 aliphatic carbocycles. The van der Waals surface area contributed by atoms with Crippen molar-refractivity contribution in [3.05, 3.63) is 65.5 Å². The highest BCUT2D eigenvalue weighted by molar-refractivity contribution is 5.79. The molecular weight excluding hydrogens is 486 g/mol. The third-order valence-corrected chi connectivity index (χ3v) is 4.56. The summed E-state index contributed by atoms with van der Waals surface area (Å²) in [5.41, 5.74) is 0.824. The zero-order valence-electron chi connectivity index (χ0n) is 17.3. The van der Waals surface area contributed by atoms with E-state index >= 15 is 0 Å². The number of benzene rings is 2. The summed E-state index contributed by atoms with van der Waals surface area (Å²) in [7, 11) is 0. The third-order valence-electron chi connectivity index (χ3n) is 4.56. The summed E-state index contributed by atoms with van der Waals surface area (Å²) in [6, 6.07) is 7.72. The molecule has 35 heavy (non-hydrogen) atoms. The molecule has 0 saturated carbocycles. The molecule has 0 aliphatic heterocycles. The maximum atomic E-state index is 13.0. The smallest absolute Gasteiger partial charge is 0.416 e. The van der Waals surface area contributed by atoms with Crippen LogP contribution in [0.3, 0.4) is 0 Å². The summed E-state index contributed by atoms with van der Waals surface area (Å²) in [5, 5.41) is 23.8. The van der Waals surface area contributed by atoms with Crippen LogP contribution in [0.25, 0.3) is 0 Å². The van der Waals surface area contributed by atoms with Crippen molar-refractivity contribution >= 4 is 29.2 Å². The van der Waals surface area contributed by atoms with Crippen LogP contribution in [0.2, 0.25) is 0 Å². The highest BCUT2D eigenvalue weighted by atomic mass is 19.4. The number of alkyl halides is 6. The van der Waals surface area contributed by atoms with Crippen molar-refractivity contribution in [3.63, 3.8) is 0 Å². The first-order chi connectivity index (χ1) is 16.2. The van der Waals surface area contributed by atoms with Gasteiger partial charge >= 0.3 is 18.3 Å². The zero-order chi connectivity index (χ0) is 26.0. The number of aromatic nitrogens is 3. The van der Waals surface area contributed by atoms with Crippen molar-refractivity contribution in [2.75, 3.05) is 17.2 Å². The molecule has 0 saturated heterocycles. The molecule has 0 aliphatic rings. The molecule has 1 heterocycles. The predicted octanol–water partition coefficient (Wildman–Crippen LogP) is 3.63. The number of rotatable bonds is 7. The average Bonchev–Trinajstić information content (AvgIpc) is 2.77. The van der Waals surface area contributed by atoms with Gasteiger partial charge in [-0.05, 0) is 36.4 Å². The Morgan fingerprint density at radius 1 is 0.829 bits per heavy atom. The Bertz CT molecular complexity index is 1160. The van der Waals surface area contributed by atoms with Crippen molar-refractivity contribution in [1.82, 2.24) is 15.0 Å². The van der Waals surface area contributed by atoms with Gasteiger partial charge in [-0.2, -0.15) is 41.3 Å². The molecule has 1 aromatic heterocycles. The number of carboxylic acid groups (broad SMARTS) is 1. The summed E-state index contributed by atoms with van der Waals surface area (Å²) in [5.74, 6) is -3.45. The summed E-state index contributed by atoms with van der Waals surface area (Å²) >= 11 is 0. The Morgan fingerprint density at radius 3 is 1.60 bits per heavy atom. The number of aliphatic carboxylic acids is 1. The van der Waals surface area contributed by atoms with Gasteiger partial charge in [-0.1, -0.05) is 12.1 Å². The minimum absolute atomic E-state index is 0.149. The molecule has 9 nitrogen and oxygen atoms in total. The first-order valence-corrected chi connectivity index (χ1v) is 9.50. The van der Waals surface area contributed by atoms with Crippen LogP contribution in [-0.2, 0) is 22.7 Å². The molecule has 2 aromatic carbocycles. The Morgan fingerprint density at radius 2 is 1.26 bits per heavy atom. The van der Waals surface area contributed by atoms with E-state index in [4.69, 9.17) is 5.73 Å². The molecule has 0 unspecified atom stereocenters. The minimum atomic E-state index is -4.66. The van der Waals surface area contributed by atoms with Gasteiger partial charge in [-0.25, -0.2) is 4.79 Å². The van der Waals surface area contributed by atoms with Gasteiger partial charge < -0.3 is 26.6 Å². The normalized spacial score (nSPS) is 13.7. The molecule has 3 aromatic rings. The fourth-order valence-corrected chi connectivity index (χ4v) is 2.73. The van der Waals surface area contributed by atoms with Crippen molar-refractivity contribution in [2.24, 2.45) is 5.73 Å². The van der Waals surface area contributed by atoms with E-state index in [0.717, 1.165) is 36.4 Å². The second kappa shape index (κ2) is 9.34. The monoisotopic (exact) mass is 502 g/mol. The standard InChI is InChI=1S/C20H16F6N6O3/c21-19(22,23)10-3-1-5-12(7-10)28-16-30-14(18(27,9-33)15(34)35)31-17(32-16)29-13-6-2-4-11(8-13)20(24,25)26/h1-8,33H,9,27H2,(H,34,35)(H2,28,29,30,31,32)/t18-/m1/s1. The molecule has 15 heteroatoms. The summed E-state index contributed by atoms with van der Waals surface area (Å²) in [6.07, 6.45) is -9.32. The Balaban J connectivity index is 2.06. The summed E-state index contributed by atoms with van der Waals surface area (Å²) in [4.78, 5) is 23.1. The number of anilines is 4. The lowest BCUT2D eigenvalue weighted by atomic mass is 10.0. The number of nitrogens with two attached hydrogens (primary N) is 1. The number of halogens is 6. The zero-order valence-corrected chi connectivity index (χ0v) is 17.3. The van der Waals surface area contributed by atoms with Gasteiger partial charge in [0.25, 0.3) is 0 Å². The van der Waals surface area contributed by atoms with Gasteiger partial charge in [0.05, 0.1) is 17.7 Å². The van der Waals surface area contributed by atoms with Crippen LogP contribution in [0.1, 0.15) is 17.0 Å². The van der Waals surface area contributed by atoms with Crippen LogP contribution in [-0.4, -0.2) is 37.7 Å². The molecule has 0 radical (unpaired) electrons. The van der Waals surface area contributed by atoms with Crippen LogP contribution in [0, 0.1) is 0 Å². The van der Waals surface area contributed by atoms with Crippen LogP contribution < -0.4 is 16.4 Å². The van der Waals surface area contributed by atoms with Crippen molar-refractivity contribution in [3.8, 4) is 0 Å². The van der Waals surface area contributed by atoms with Gasteiger partial charge in [-0.15, -0.1) is 0 Å². The second-order valence-corrected chi connectivity index (χ2v) is 7.15. The van der Waals surface area contributed by atoms with Gasteiger partial charge in [0, 0.05) is 11.4 Å². The molecular formula is C20H16F6N6O3. The third kappa shape index (κ3) is 5.93. The van der Waals surface area contributed by atoms with Crippen LogP contribution in [0.5, 0.6) is 0 Å². The van der Waals surface area contributed by atoms with Crippen molar-refractivity contribution in [2.45, 2.75) is 17.9 Å². The molecule has 3 rings (SSSR count). The fourth-order valence-electron chi connectivity index (χ4n) is 2.73. The first kappa shape index (κ1) is 25.6. The molecule has 0 bridgehead atoms. The first-order valence-electron chi connectivity index (χ1n) is 9.50. The van der Waals surface area contributed by atoms with E-state index in [-0.39, 0.29) is 11.4 Å². The SMILES string of the molecule is N[C@@](CO)(C(=O)O)c1nc(Nc2cccc(C(F)(F)F)c2)nc(Nc2cccc(C(F)(F)F)c2)n1. The van der Waals surface area contributed by atoms with Crippen LogP contribution >= 0.6 is 0 Å². The van der Waals surface area contributed by atoms with Gasteiger partial charge in [0.1, 0.15) is 0 Å². The number of hydrogen-bond acceptors (Lipinski definition) is 8. The van der Waals surface area contributed by atoms with Gasteiger partial charge in [0.15, 0.2) is 11.4 Å². The highest BCUT2D eigenvalue weighted by Crippen LogP contribution is 2.33. The average molecular weight is 502 g/mol. The number of nitrogens with one attached hydrogen (secondary N) is 2. The largest absolute Gasteiger partial charge is 0.479 e. The maximum Gasteiger partial charge on any atom is 0.416 e. The van der Waals surface area contributed by atoms with Crippen molar-refractivity contribution < 1.29 is 41.4 Å². The van der Waals surface area contributed by atoms with E-state index in [0.29, 0.717) is 0 Å². The van der Waals surface area contributed by atoms with E-state index in [2.05, 4.69) is 25.6 Å². The Labute approximate surface area is 192 Å². The fraction of sp³-hybridized carbons (Fsp3) is 0.200. The lowest BCUT2D eigenvalue weighted by Gasteiger charge is -2.21. The van der Waals surface area contributed by atoms with Crippen LogP contribution in [0.4, 0.5) is 49.6 Å². The van der Waals surface area contributed by atoms with Gasteiger partial charge in [0.2, 0.25) is 11.9 Å². The molecule has 1 atom stereocenters. The number of nitrogens with zero attached hydrogens (tertiary/aromatic N) is 3. The summed E-state index contributed by atoms with van der Waals surface area (Å²) in [6.45, 7) is -1.18. The minimum Gasteiger partial charge on any atom is -0.479 e. The number of aliphatic hydroxyl groups is 1. The molecule has 6 N–H and O–H groups in total. The second-order valence-electron chi connectivity index (χ2n) is 7.15. The quantitative estimate of drug-likeness (QED) is 0.306. The maximum absolute atomic E-state index is 13.0. The van der Waals surface area contributed by atoms with E-state index in [1.807, 2.05) is 0 Å². The van der Waals surface area contributed by atoms with E-state index in [1.165, 1.54) is 12.1 Å². The Kier molecular flexibility index (Phi) is 6.84. The number of hydrogen-bond donors (Lipinski definition) is 5. The topological polar surface area (TPSA) is 146 Å². The van der Waals surface area contributed by atoms with Gasteiger partial charge in [-0.3, -0.25) is 0 Å². The number of aliphatic hydroxyl groups excluding tert-OH is 1. The van der Waals surface area contributed by atoms with Crippen LogP contribution in [0.15, 0.2) is 48.5 Å². The van der Waals surface area contributed by atoms with Crippen molar-refractivity contribution in [1.29, 1.82) is 0 Å². The molecule has 0 amide bonds. The van der Waals surface area contributed by atoms with E-state index in [1.54, 1.807) is 0 Å². The molecule has 186 valence electrons. The lowest BCUT2D eigenvalue weighted by molar-refractivity contribution is -0.145. The predicted molar refractivity (Wildman–Crippen MR) is 110 cm³/mol. The van der Waals surface area contributed by atoms with E-state index in [9.17, 15) is 41.4 Å². The summed E-state index contributed by atoms with van der Waals surface area (Å²) < 4.78 is 78.1. The molecule has 0 fully saturated rings. The Hall–Kier alpha value is -3.98. The highest BCUT2D eigenvalue weighted by Gasteiger charge is 2.40.